The number of aliphatic hydroxyl groups is 1. The van der Waals surface area contributed by atoms with Crippen LogP contribution >= 0.6 is 0 Å². The Kier molecular flexibility index (Phi) is 6.73. The zero-order valence-electron chi connectivity index (χ0n) is 9.52. The third-order valence-electron chi connectivity index (χ3n) is 2.19. The summed E-state index contributed by atoms with van der Waals surface area (Å²) in [5.74, 6) is -0.293. The minimum atomic E-state index is -0.494. The Balaban J connectivity index is 4.65. The van der Waals surface area contributed by atoms with Gasteiger partial charge in [0.2, 0.25) is 0 Å². The number of hydrogen-bond acceptors (Lipinski definition) is 5. The van der Waals surface area contributed by atoms with Crippen molar-refractivity contribution in [1.82, 2.24) is 0 Å². The molecule has 0 amide bonds. The van der Waals surface area contributed by atoms with E-state index in [4.69, 9.17) is 14.6 Å². The first kappa shape index (κ1) is 13.9. The molecule has 0 aliphatic rings. The Morgan fingerprint density at radius 2 is 1.93 bits per heavy atom. The molecule has 0 aromatic rings. The standard InChI is InChI=1S/C10H18O5/c1-7(9(6-11)14-3)8(13-2)5-10(12)15-4/h5,7,9,11H,6H2,1-4H3/b8-5+/t7-,9-/m0/s1. The highest BCUT2D eigenvalue weighted by Crippen LogP contribution is 2.17. The van der Waals surface area contributed by atoms with Gasteiger partial charge in [0.05, 0.1) is 33.0 Å². The van der Waals surface area contributed by atoms with Gasteiger partial charge in [-0.2, -0.15) is 0 Å². The molecule has 0 unspecified atom stereocenters. The Labute approximate surface area is 89.6 Å². The molecule has 0 aliphatic heterocycles. The van der Waals surface area contributed by atoms with E-state index in [0.29, 0.717) is 5.76 Å². The van der Waals surface area contributed by atoms with Gasteiger partial charge in [-0.3, -0.25) is 0 Å². The van der Waals surface area contributed by atoms with E-state index in [-0.39, 0.29) is 12.5 Å². The van der Waals surface area contributed by atoms with Gasteiger partial charge in [-0.15, -0.1) is 0 Å². The second kappa shape index (κ2) is 7.25. The Morgan fingerprint density at radius 3 is 2.27 bits per heavy atom. The summed E-state index contributed by atoms with van der Waals surface area (Å²) in [5.41, 5.74) is 0. The van der Waals surface area contributed by atoms with Crippen molar-refractivity contribution in [3.8, 4) is 0 Å². The minimum absolute atomic E-state index is 0.139. The number of ether oxygens (including phenoxy) is 3. The molecule has 0 bridgehead atoms. The summed E-state index contributed by atoms with van der Waals surface area (Å²) in [6.45, 7) is 1.65. The van der Waals surface area contributed by atoms with Crippen molar-refractivity contribution < 1.29 is 24.1 Å². The summed E-state index contributed by atoms with van der Waals surface area (Å²) in [7, 11) is 4.23. The molecule has 0 radical (unpaired) electrons. The van der Waals surface area contributed by atoms with Gasteiger partial charge in [-0.05, 0) is 0 Å². The van der Waals surface area contributed by atoms with Crippen LogP contribution in [0.2, 0.25) is 0 Å². The molecule has 0 aromatic heterocycles. The molecule has 0 aliphatic carbocycles. The first-order chi connectivity index (χ1) is 7.10. The number of hydrogen-bond donors (Lipinski definition) is 1. The van der Waals surface area contributed by atoms with E-state index in [1.54, 1.807) is 6.92 Å². The molecule has 0 heterocycles. The maximum absolute atomic E-state index is 11.0. The summed E-state index contributed by atoms with van der Waals surface area (Å²) in [4.78, 5) is 11.0. The molecule has 2 atom stereocenters. The lowest BCUT2D eigenvalue weighted by atomic mass is 10.0. The molecule has 0 saturated carbocycles. The lowest BCUT2D eigenvalue weighted by Crippen LogP contribution is -2.27. The number of aliphatic hydroxyl groups excluding tert-OH is 1. The van der Waals surface area contributed by atoms with E-state index in [1.807, 2.05) is 0 Å². The summed E-state index contributed by atoms with van der Waals surface area (Å²) < 4.78 is 14.6. The lowest BCUT2D eigenvalue weighted by Gasteiger charge is -2.22. The van der Waals surface area contributed by atoms with Crippen molar-refractivity contribution in [3.63, 3.8) is 0 Å². The van der Waals surface area contributed by atoms with Crippen molar-refractivity contribution in [2.75, 3.05) is 27.9 Å². The second-order valence-corrected chi connectivity index (χ2v) is 3.02. The van der Waals surface area contributed by atoms with Crippen LogP contribution in [-0.4, -0.2) is 45.1 Å². The topological polar surface area (TPSA) is 65.0 Å². The van der Waals surface area contributed by atoms with E-state index in [9.17, 15) is 4.79 Å². The van der Waals surface area contributed by atoms with Crippen molar-refractivity contribution in [2.45, 2.75) is 13.0 Å². The number of rotatable bonds is 6. The van der Waals surface area contributed by atoms with Gasteiger partial charge in [-0.25, -0.2) is 4.79 Å². The fourth-order valence-corrected chi connectivity index (χ4v) is 1.17. The van der Waals surface area contributed by atoms with E-state index >= 15 is 0 Å². The van der Waals surface area contributed by atoms with Crippen LogP contribution in [0.4, 0.5) is 0 Å². The number of carbonyl (C=O) groups is 1. The Bertz CT molecular complexity index is 220. The number of carbonyl (C=O) groups excluding carboxylic acids is 1. The van der Waals surface area contributed by atoms with Crippen LogP contribution < -0.4 is 0 Å². The third kappa shape index (κ3) is 4.31. The van der Waals surface area contributed by atoms with Crippen LogP contribution in [0.3, 0.4) is 0 Å². The maximum Gasteiger partial charge on any atom is 0.333 e. The summed E-state index contributed by atoms with van der Waals surface area (Å²) in [5, 5.41) is 9.01. The predicted molar refractivity (Wildman–Crippen MR) is 54.2 cm³/mol. The van der Waals surface area contributed by atoms with Gasteiger partial charge in [0.15, 0.2) is 0 Å². The van der Waals surface area contributed by atoms with Crippen LogP contribution in [0.5, 0.6) is 0 Å². The van der Waals surface area contributed by atoms with Gasteiger partial charge in [0, 0.05) is 13.0 Å². The van der Waals surface area contributed by atoms with Gasteiger partial charge in [0.25, 0.3) is 0 Å². The molecular formula is C10H18O5. The minimum Gasteiger partial charge on any atom is -0.500 e. The van der Waals surface area contributed by atoms with Gasteiger partial charge >= 0.3 is 5.97 Å². The van der Waals surface area contributed by atoms with Gasteiger partial charge < -0.3 is 19.3 Å². The van der Waals surface area contributed by atoms with Crippen LogP contribution in [0.1, 0.15) is 6.92 Å². The first-order valence-corrected chi connectivity index (χ1v) is 4.57. The molecular weight excluding hydrogens is 200 g/mol. The van der Waals surface area contributed by atoms with Crippen LogP contribution in [-0.2, 0) is 19.0 Å². The third-order valence-corrected chi connectivity index (χ3v) is 2.19. The molecule has 0 aromatic carbocycles. The molecule has 1 N–H and O–H groups in total. The summed E-state index contributed by atoms with van der Waals surface area (Å²) in [6.07, 6.45) is 0.840. The first-order valence-electron chi connectivity index (χ1n) is 4.57. The Hall–Kier alpha value is -1.07. The highest BCUT2D eigenvalue weighted by atomic mass is 16.5. The second-order valence-electron chi connectivity index (χ2n) is 3.02. The maximum atomic E-state index is 11.0. The fourth-order valence-electron chi connectivity index (χ4n) is 1.17. The molecule has 0 fully saturated rings. The van der Waals surface area contributed by atoms with E-state index < -0.39 is 12.1 Å². The zero-order valence-corrected chi connectivity index (χ0v) is 9.52. The smallest absolute Gasteiger partial charge is 0.333 e. The molecule has 0 spiro atoms. The van der Waals surface area contributed by atoms with Crippen LogP contribution in [0.15, 0.2) is 11.8 Å². The average Bonchev–Trinajstić information content (AvgIpc) is 2.26. The highest BCUT2D eigenvalue weighted by molar-refractivity contribution is 5.82. The van der Waals surface area contributed by atoms with Gasteiger partial charge in [0.1, 0.15) is 5.76 Å². The molecule has 15 heavy (non-hydrogen) atoms. The number of esters is 1. The Morgan fingerprint density at radius 1 is 1.33 bits per heavy atom. The molecule has 0 rings (SSSR count). The SMILES string of the molecule is COC(=O)/C=C(/OC)[C@H](C)[C@H](CO)OC. The van der Waals surface area contributed by atoms with Crippen molar-refractivity contribution in [3.05, 3.63) is 11.8 Å². The van der Waals surface area contributed by atoms with Crippen molar-refractivity contribution in [2.24, 2.45) is 5.92 Å². The molecule has 5 heteroatoms. The van der Waals surface area contributed by atoms with Crippen molar-refractivity contribution in [1.29, 1.82) is 0 Å². The lowest BCUT2D eigenvalue weighted by molar-refractivity contribution is -0.135. The van der Waals surface area contributed by atoms with E-state index in [2.05, 4.69) is 4.74 Å². The fraction of sp³-hybridized carbons (Fsp3) is 0.700. The van der Waals surface area contributed by atoms with Crippen LogP contribution in [0.25, 0.3) is 0 Å². The van der Waals surface area contributed by atoms with E-state index in [1.165, 1.54) is 27.4 Å². The summed E-state index contributed by atoms with van der Waals surface area (Å²) in [6, 6.07) is 0. The molecule has 5 nitrogen and oxygen atoms in total. The normalized spacial score (nSPS) is 15.7. The largest absolute Gasteiger partial charge is 0.500 e. The quantitative estimate of drug-likeness (QED) is 0.395. The number of methoxy groups -OCH3 is 3. The van der Waals surface area contributed by atoms with Crippen molar-refractivity contribution >= 4 is 5.97 Å². The van der Waals surface area contributed by atoms with E-state index in [0.717, 1.165) is 0 Å². The summed E-state index contributed by atoms with van der Waals surface area (Å²) >= 11 is 0. The predicted octanol–water partition coefficient (Wildman–Crippen LogP) is 0.333. The zero-order chi connectivity index (χ0) is 11.8. The van der Waals surface area contributed by atoms with Gasteiger partial charge in [-0.1, -0.05) is 6.92 Å². The van der Waals surface area contributed by atoms with Crippen LogP contribution in [0, 0.1) is 5.92 Å². The molecule has 0 saturated heterocycles. The molecule has 88 valence electrons. The highest BCUT2D eigenvalue weighted by Gasteiger charge is 2.21. The average molecular weight is 218 g/mol. The monoisotopic (exact) mass is 218 g/mol.